The Morgan fingerprint density at radius 1 is 1.00 bits per heavy atom. The average molecular weight is 389 g/mol. The van der Waals surface area contributed by atoms with E-state index >= 15 is 0 Å². The van der Waals surface area contributed by atoms with Crippen LogP contribution in [0.3, 0.4) is 0 Å². The minimum Gasteiger partial charge on any atom is -0.307 e. The van der Waals surface area contributed by atoms with Crippen LogP contribution in [0.1, 0.15) is 21.6 Å². The number of nitrogens with one attached hydrogen (secondary N) is 1. The standard InChI is InChI=1S/C22H19N3O2S/c26-22(24-27-15-17-8-2-1-3-9-17)19-10-4-5-11-20(19)28-16-18-14-25-13-7-6-12-21(25)23-18/h1-14H,15-16H2,(H,24,26). The van der Waals surface area contributed by atoms with Crippen molar-refractivity contribution in [2.45, 2.75) is 17.3 Å². The van der Waals surface area contributed by atoms with Gasteiger partial charge in [0.25, 0.3) is 5.91 Å². The van der Waals surface area contributed by atoms with Crippen LogP contribution in [0.25, 0.3) is 5.65 Å². The van der Waals surface area contributed by atoms with Gasteiger partial charge in [0, 0.05) is 23.0 Å². The molecule has 0 unspecified atom stereocenters. The van der Waals surface area contributed by atoms with Gasteiger partial charge in [-0.25, -0.2) is 10.5 Å². The fourth-order valence-corrected chi connectivity index (χ4v) is 3.74. The summed E-state index contributed by atoms with van der Waals surface area (Å²) in [5.74, 6) is 0.422. The maximum absolute atomic E-state index is 12.5. The van der Waals surface area contributed by atoms with E-state index in [-0.39, 0.29) is 5.91 Å². The lowest BCUT2D eigenvalue weighted by atomic mass is 10.2. The average Bonchev–Trinajstić information content (AvgIpc) is 3.16. The van der Waals surface area contributed by atoms with Crippen LogP contribution in [0.5, 0.6) is 0 Å². The van der Waals surface area contributed by atoms with Gasteiger partial charge in [0.15, 0.2) is 0 Å². The highest BCUT2D eigenvalue weighted by Gasteiger charge is 2.12. The molecule has 28 heavy (non-hydrogen) atoms. The molecule has 1 amide bonds. The molecule has 0 saturated carbocycles. The second-order valence-electron chi connectivity index (χ2n) is 6.19. The van der Waals surface area contributed by atoms with E-state index in [0.717, 1.165) is 21.8 Å². The van der Waals surface area contributed by atoms with Crippen molar-refractivity contribution in [3.8, 4) is 0 Å². The Bertz CT molecular complexity index is 1050. The predicted molar refractivity (Wildman–Crippen MR) is 110 cm³/mol. The van der Waals surface area contributed by atoms with Gasteiger partial charge in [-0.1, -0.05) is 48.5 Å². The number of carbonyl (C=O) groups is 1. The number of amides is 1. The summed E-state index contributed by atoms with van der Waals surface area (Å²) in [7, 11) is 0. The summed E-state index contributed by atoms with van der Waals surface area (Å²) in [4.78, 5) is 23.4. The largest absolute Gasteiger partial charge is 0.307 e. The van der Waals surface area contributed by atoms with Crippen molar-refractivity contribution in [3.05, 3.63) is 102 Å². The number of carbonyl (C=O) groups excluding carboxylic acids is 1. The van der Waals surface area contributed by atoms with E-state index < -0.39 is 0 Å². The summed E-state index contributed by atoms with van der Waals surface area (Å²) >= 11 is 1.58. The molecule has 2 heterocycles. The zero-order valence-electron chi connectivity index (χ0n) is 15.1. The summed E-state index contributed by atoms with van der Waals surface area (Å²) in [5, 5.41) is 0. The highest BCUT2D eigenvalue weighted by atomic mass is 32.2. The fourth-order valence-electron chi connectivity index (χ4n) is 2.80. The number of hydrogen-bond acceptors (Lipinski definition) is 4. The van der Waals surface area contributed by atoms with Crippen LogP contribution in [0.2, 0.25) is 0 Å². The molecular formula is C22H19N3O2S. The van der Waals surface area contributed by atoms with Gasteiger partial charge in [0.05, 0.1) is 17.9 Å². The van der Waals surface area contributed by atoms with Gasteiger partial charge in [-0.3, -0.25) is 9.63 Å². The number of benzene rings is 2. The summed E-state index contributed by atoms with van der Waals surface area (Å²) < 4.78 is 1.99. The van der Waals surface area contributed by atoms with E-state index in [1.54, 1.807) is 17.8 Å². The van der Waals surface area contributed by atoms with Gasteiger partial charge in [0.2, 0.25) is 0 Å². The lowest BCUT2D eigenvalue weighted by molar-refractivity contribution is 0.0231. The molecule has 0 spiro atoms. The van der Waals surface area contributed by atoms with Crippen LogP contribution in [-0.4, -0.2) is 15.3 Å². The highest BCUT2D eigenvalue weighted by molar-refractivity contribution is 7.98. The predicted octanol–water partition coefficient (Wildman–Crippen LogP) is 4.49. The number of thioether (sulfide) groups is 1. The number of nitrogens with zero attached hydrogens (tertiary/aromatic N) is 2. The van der Waals surface area contributed by atoms with Crippen molar-refractivity contribution in [2.75, 3.05) is 0 Å². The maximum Gasteiger partial charge on any atom is 0.275 e. The summed E-state index contributed by atoms with van der Waals surface area (Å²) in [6, 6.07) is 23.1. The molecule has 5 nitrogen and oxygen atoms in total. The van der Waals surface area contributed by atoms with Gasteiger partial charge < -0.3 is 4.40 Å². The number of hydroxylamine groups is 1. The molecule has 0 radical (unpaired) electrons. The molecule has 0 saturated heterocycles. The van der Waals surface area contributed by atoms with Crippen LogP contribution >= 0.6 is 11.8 Å². The van der Waals surface area contributed by atoms with E-state index in [0.29, 0.717) is 17.9 Å². The molecule has 0 aliphatic heterocycles. The normalized spacial score (nSPS) is 10.9. The molecule has 4 aromatic rings. The maximum atomic E-state index is 12.5. The number of hydrogen-bond donors (Lipinski definition) is 1. The van der Waals surface area contributed by atoms with Gasteiger partial charge in [-0.2, -0.15) is 0 Å². The van der Waals surface area contributed by atoms with Crippen LogP contribution < -0.4 is 5.48 Å². The fraction of sp³-hybridized carbons (Fsp3) is 0.0909. The topological polar surface area (TPSA) is 55.6 Å². The van der Waals surface area contributed by atoms with Crippen LogP contribution in [0.15, 0.2) is 90.1 Å². The molecule has 0 bridgehead atoms. The zero-order valence-corrected chi connectivity index (χ0v) is 15.9. The number of aromatic nitrogens is 2. The Morgan fingerprint density at radius 2 is 1.79 bits per heavy atom. The smallest absolute Gasteiger partial charge is 0.275 e. The van der Waals surface area contributed by atoms with E-state index in [1.165, 1.54) is 0 Å². The summed E-state index contributed by atoms with van der Waals surface area (Å²) in [6.07, 6.45) is 3.98. The molecule has 140 valence electrons. The van der Waals surface area contributed by atoms with E-state index in [1.807, 2.05) is 83.5 Å². The molecule has 2 aromatic heterocycles. The first kappa shape index (κ1) is 18.3. The number of rotatable bonds is 7. The molecule has 0 fully saturated rings. The third-order valence-electron chi connectivity index (χ3n) is 4.17. The molecule has 2 aromatic carbocycles. The Labute approximate surface area is 167 Å². The van der Waals surface area contributed by atoms with Gasteiger partial charge in [-0.05, 0) is 29.8 Å². The second kappa shape index (κ2) is 8.73. The van der Waals surface area contributed by atoms with Crippen molar-refractivity contribution < 1.29 is 9.63 Å². The minimum atomic E-state index is -0.256. The molecule has 0 atom stereocenters. The first-order valence-corrected chi connectivity index (χ1v) is 9.89. The Morgan fingerprint density at radius 3 is 2.64 bits per heavy atom. The van der Waals surface area contributed by atoms with E-state index in [9.17, 15) is 4.79 Å². The number of pyridine rings is 1. The molecule has 0 aliphatic rings. The van der Waals surface area contributed by atoms with E-state index in [2.05, 4.69) is 10.5 Å². The molecule has 6 heteroatoms. The SMILES string of the molecule is O=C(NOCc1ccccc1)c1ccccc1SCc1cn2ccccc2n1. The first-order valence-electron chi connectivity index (χ1n) is 8.90. The summed E-state index contributed by atoms with van der Waals surface area (Å²) in [5.41, 5.74) is 6.00. The van der Waals surface area contributed by atoms with Crippen LogP contribution in [-0.2, 0) is 17.2 Å². The number of fused-ring (bicyclic) bond motifs is 1. The second-order valence-corrected chi connectivity index (χ2v) is 7.21. The molecular weight excluding hydrogens is 370 g/mol. The Kier molecular flexibility index (Phi) is 5.70. The van der Waals surface area contributed by atoms with Crippen LogP contribution in [0.4, 0.5) is 0 Å². The zero-order chi connectivity index (χ0) is 19.2. The van der Waals surface area contributed by atoms with E-state index in [4.69, 9.17) is 4.84 Å². The van der Waals surface area contributed by atoms with Gasteiger partial charge >= 0.3 is 0 Å². The first-order chi connectivity index (χ1) is 13.8. The van der Waals surface area contributed by atoms with Crippen molar-refractivity contribution in [3.63, 3.8) is 0 Å². The third kappa shape index (κ3) is 4.42. The van der Waals surface area contributed by atoms with Gasteiger partial charge in [-0.15, -0.1) is 11.8 Å². The van der Waals surface area contributed by atoms with Crippen LogP contribution in [0, 0.1) is 0 Å². The van der Waals surface area contributed by atoms with Gasteiger partial charge in [0.1, 0.15) is 5.65 Å². The molecule has 0 aliphatic carbocycles. The third-order valence-corrected chi connectivity index (χ3v) is 5.27. The quantitative estimate of drug-likeness (QED) is 0.374. The van der Waals surface area contributed by atoms with Crippen molar-refractivity contribution >= 4 is 23.3 Å². The highest BCUT2D eigenvalue weighted by Crippen LogP contribution is 2.26. The lowest BCUT2D eigenvalue weighted by Crippen LogP contribution is -2.24. The Hall–Kier alpha value is -3.09. The molecule has 4 rings (SSSR count). The van der Waals surface area contributed by atoms with Crippen molar-refractivity contribution in [1.82, 2.24) is 14.9 Å². The molecule has 1 N–H and O–H groups in total. The monoisotopic (exact) mass is 389 g/mol. The van der Waals surface area contributed by atoms with Crippen molar-refractivity contribution in [2.24, 2.45) is 0 Å². The number of imidazole rings is 1. The van der Waals surface area contributed by atoms with Crippen molar-refractivity contribution in [1.29, 1.82) is 0 Å². The lowest BCUT2D eigenvalue weighted by Gasteiger charge is -2.09. The minimum absolute atomic E-state index is 0.256. The Balaban J connectivity index is 1.39. The summed E-state index contributed by atoms with van der Waals surface area (Å²) in [6.45, 7) is 0.323.